The fourth-order valence-corrected chi connectivity index (χ4v) is 2.51. The number of rotatable bonds is 1. The van der Waals surface area contributed by atoms with E-state index >= 15 is 0 Å². The first-order valence-corrected chi connectivity index (χ1v) is 6.06. The quantitative estimate of drug-likeness (QED) is 0.873. The van der Waals surface area contributed by atoms with E-state index in [1.165, 1.54) is 0 Å². The molecule has 0 amide bonds. The lowest BCUT2D eigenvalue weighted by Crippen LogP contribution is -2.21. The molecule has 0 spiro atoms. The maximum absolute atomic E-state index is 11.8. The summed E-state index contributed by atoms with van der Waals surface area (Å²) in [5, 5.41) is 0. The highest BCUT2D eigenvalue weighted by molar-refractivity contribution is 9.10. The van der Waals surface area contributed by atoms with Crippen molar-refractivity contribution in [2.45, 2.75) is 19.1 Å². The van der Waals surface area contributed by atoms with Crippen molar-refractivity contribution in [3.05, 3.63) is 33.2 Å². The van der Waals surface area contributed by atoms with E-state index in [2.05, 4.69) is 20.9 Å². The molecule has 16 heavy (non-hydrogen) atoms. The van der Waals surface area contributed by atoms with Gasteiger partial charge in [-0.1, -0.05) is 15.9 Å². The SMILES string of the molecule is O=c1[nH]c2cc(Br)ccc2n1C1CCCO1. The first-order chi connectivity index (χ1) is 7.75. The third-order valence-corrected chi connectivity index (χ3v) is 3.37. The van der Waals surface area contributed by atoms with Crippen LogP contribution in [0.1, 0.15) is 19.1 Å². The predicted octanol–water partition coefficient (Wildman–Crippen LogP) is 2.40. The third-order valence-electron chi connectivity index (χ3n) is 2.87. The van der Waals surface area contributed by atoms with Gasteiger partial charge in [0, 0.05) is 11.1 Å². The molecule has 2 heterocycles. The van der Waals surface area contributed by atoms with Crippen LogP contribution in [0.25, 0.3) is 11.0 Å². The molecule has 2 aromatic rings. The van der Waals surface area contributed by atoms with Gasteiger partial charge in [-0.05, 0) is 31.0 Å². The minimum Gasteiger partial charge on any atom is -0.358 e. The number of imidazole rings is 1. The molecule has 4 nitrogen and oxygen atoms in total. The molecule has 1 fully saturated rings. The fraction of sp³-hybridized carbons (Fsp3) is 0.364. The van der Waals surface area contributed by atoms with Gasteiger partial charge in [0.25, 0.3) is 0 Å². The van der Waals surface area contributed by atoms with Crippen molar-refractivity contribution < 1.29 is 4.74 Å². The number of benzene rings is 1. The molecule has 0 saturated carbocycles. The molecular formula is C11H11BrN2O2. The van der Waals surface area contributed by atoms with Crippen LogP contribution in [0.4, 0.5) is 0 Å². The molecule has 1 aromatic heterocycles. The number of nitrogens with one attached hydrogen (secondary N) is 1. The minimum absolute atomic E-state index is 0.0972. The molecule has 1 N–H and O–H groups in total. The van der Waals surface area contributed by atoms with E-state index in [0.717, 1.165) is 35.0 Å². The number of hydrogen-bond donors (Lipinski definition) is 1. The molecule has 3 rings (SSSR count). The fourth-order valence-electron chi connectivity index (χ4n) is 2.15. The third kappa shape index (κ3) is 1.51. The molecule has 1 atom stereocenters. The highest BCUT2D eigenvalue weighted by atomic mass is 79.9. The maximum atomic E-state index is 11.8. The Kier molecular flexibility index (Phi) is 2.37. The van der Waals surface area contributed by atoms with Gasteiger partial charge in [-0.2, -0.15) is 0 Å². The number of aromatic nitrogens is 2. The van der Waals surface area contributed by atoms with E-state index in [-0.39, 0.29) is 11.9 Å². The molecule has 1 unspecified atom stereocenters. The van der Waals surface area contributed by atoms with Gasteiger partial charge in [-0.15, -0.1) is 0 Å². The van der Waals surface area contributed by atoms with E-state index in [1.54, 1.807) is 4.57 Å². The molecule has 5 heteroatoms. The van der Waals surface area contributed by atoms with Gasteiger partial charge in [-0.25, -0.2) is 4.79 Å². The summed E-state index contributed by atoms with van der Waals surface area (Å²) in [5.41, 5.74) is 1.65. The van der Waals surface area contributed by atoms with Crippen LogP contribution in [-0.2, 0) is 4.74 Å². The summed E-state index contributed by atoms with van der Waals surface area (Å²) in [7, 11) is 0. The lowest BCUT2D eigenvalue weighted by Gasteiger charge is -2.10. The van der Waals surface area contributed by atoms with Crippen LogP contribution in [0, 0.1) is 0 Å². The first kappa shape index (κ1) is 10.1. The molecule has 1 aliphatic rings. The Bertz CT molecular complexity index is 581. The highest BCUT2D eigenvalue weighted by Crippen LogP contribution is 2.26. The summed E-state index contributed by atoms with van der Waals surface area (Å²) < 4.78 is 8.21. The Labute approximate surface area is 100 Å². The zero-order valence-corrected chi connectivity index (χ0v) is 10.2. The lowest BCUT2D eigenvalue weighted by atomic mass is 10.3. The smallest absolute Gasteiger partial charge is 0.328 e. The predicted molar refractivity (Wildman–Crippen MR) is 64.5 cm³/mol. The normalized spacial score (nSPS) is 20.7. The van der Waals surface area contributed by atoms with E-state index in [0.29, 0.717) is 0 Å². The standard InChI is InChI=1S/C11H11BrN2O2/c12-7-3-4-9-8(6-7)13-11(15)14(9)10-2-1-5-16-10/h3-4,6,10H,1-2,5H2,(H,13,15). The monoisotopic (exact) mass is 282 g/mol. The topological polar surface area (TPSA) is 47.0 Å². The van der Waals surface area contributed by atoms with Crippen LogP contribution in [0.2, 0.25) is 0 Å². The van der Waals surface area contributed by atoms with Crippen LogP contribution in [0.3, 0.4) is 0 Å². The molecular weight excluding hydrogens is 272 g/mol. The van der Waals surface area contributed by atoms with E-state index in [1.807, 2.05) is 18.2 Å². The zero-order chi connectivity index (χ0) is 11.1. The Morgan fingerprint density at radius 1 is 1.50 bits per heavy atom. The molecule has 84 valence electrons. The Morgan fingerprint density at radius 3 is 3.12 bits per heavy atom. The molecule has 0 bridgehead atoms. The minimum atomic E-state index is -0.109. The number of ether oxygens (including phenoxy) is 1. The van der Waals surface area contributed by atoms with Crippen molar-refractivity contribution in [3.8, 4) is 0 Å². The number of fused-ring (bicyclic) bond motifs is 1. The van der Waals surface area contributed by atoms with E-state index < -0.39 is 0 Å². The van der Waals surface area contributed by atoms with Crippen LogP contribution < -0.4 is 5.69 Å². The van der Waals surface area contributed by atoms with Gasteiger partial charge in [0.1, 0.15) is 6.23 Å². The Balaban J connectivity index is 2.23. The molecule has 1 aliphatic heterocycles. The van der Waals surface area contributed by atoms with Gasteiger partial charge in [0.2, 0.25) is 0 Å². The van der Waals surface area contributed by atoms with Crippen LogP contribution in [0.15, 0.2) is 27.5 Å². The average Bonchev–Trinajstić information content (AvgIpc) is 2.83. The number of nitrogens with zero attached hydrogens (tertiary/aromatic N) is 1. The van der Waals surface area contributed by atoms with Gasteiger partial charge < -0.3 is 9.72 Å². The Morgan fingerprint density at radius 2 is 2.38 bits per heavy atom. The summed E-state index contributed by atoms with van der Waals surface area (Å²) in [6.07, 6.45) is 1.81. The lowest BCUT2D eigenvalue weighted by molar-refractivity contribution is 0.0573. The van der Waals surface area contributed by atoms with Gasteiger partial charge in [0.15, 0.2) is 0 Å². The highest BCUT2D eigenvalue weighted by Gasteiger charge is 2.21. The second-order valence-electron chi connectivity index (χ2n) is 3.93. The number of hydrogen-bond acceptors (Lipinski definition) is 2. The van der Waals surface area contributed by atoms with E-state index in [4.69, 9.17) is 4.74 Å². The van der Waals surface area contributed by atoms with Crippen molar-refractivity contribution >= 4 is 27.0 Å². The van der Waals surface area contributed by atoms with E-state index in [9.17, 15) is 4.79 Å². The second kappa shape index (κ2) is 3.75. The zero-order valence-electron chi connectivity index (χ0n) is 8.57. The van der Waals surface area contributed by atoms with Crippen molar-refractivity contribution in [3.63, 3.8) is 0 Å². The number of H-pyrrole nitrogens is 1. The number of halogens is 1. The van der Waals surface area contributed by atoms with Crippen LogP contribution >= 0.6 is 15.9 Å². The van der Waals surface area contributed by atoms with Crippen LogP contribution in [0.5, 0.6) is 0 Å². The Hall–Kier alpha value is -1.07. The van der Waals surface area contributed by atoms with Crippen molar-refractivity contribution in [1.82, 2.24) is 9.55 Å². The summed E-state index contributed by atoms with van der Waals surface area (Å²) in [6, 6.07) is 5.77. The van der Waals surface area contributed by atoms with Crippen molar-refractivity contribution in [2.75, 3.05) is 6.61 Å². The summed E-state index contributed by atoms with van der Waals surface area (Å²) >= 11 is 3.39. The largest absolute Gasteiger partial charge is 0.358 e. The molecule has 1 saturated heterocycles. The van der Waals surface area contributed by atoms with Gasteiger partial charge >= 0.3 is 5.69 Å². The number of aromatic amines is 1. The molecule has 0 aliphatic carbocycles. The summed E-state index contributed by atoms with van der Waals surface area (Å²) in [5.74, 6) is 0. The second-order valence-corrected chi connectivity index (χ2v) is 4.84. The van der Waals surface area contributed by atoms with Crippen molar-refractivity contribution in [2.24, 2.45) is 0 Å². The van der Waals surface area contributed by atoms with Gasteiger partial charge in [-0.3, -0.25) is 4.57 Å². The summed E-state index contributed by atoms with van der Waals surface area (Å²) in [4.78, 5) is 14.7. The first-order valence-electron chi connectivity index (χ1n) is 5.27. The van der Waals surface area contributed by atoms with Crippen LogP contribution in [-0.4, -0.2) is 16.2 Å². The van der Waals surface area contributed by atoms with Gasteiger partial charge in [0.05, 0.1) is 11.0 Å². The molecule has 1 aromatic carbocycles. The summed E-state index contributed by atoms with van der Waals surface area (Å²) in [6.45, 7) is 0.736. The molecule has 0 radical (unpaired) electrons. The average molecular weight is 283 g/mol. The van der Waals surface area contributed by atoms with Crippen molar-refractivity contribution in [1.29, 1.82) is 0 Å². The maximum Gasteiger partial charge on any atom is 0.328 e.